The summed E-state index contributed by atoms with van der Waals surface area (Å²) in [6, 6.07) is 8.95. The first-order valence-electron chi connectivity index (χ1n) is 6.56. The zero-order valence-electron chi connectivity index (χ0n) is 12.2. The number of hydrogen-bond acceptors (Lipinski definition) is 3. The molecule has 110 valence electrons. The summed E-state index contributed by atoms with van der Waals surface area (Å²) in [5.41, 5.74) is 2.95. The van der Waals surface area contributed by atoms with Crippen molar-refractivity contribution in [3.05, 3.63) is 46.2 Å². The van der Waals surface area contributed by atoms with Crippen LogP contribution in [-0.4, -0.2) is 35.0 Å². The van der Waals surface area contributed by atoms with Crippen LogP contribution < -0.4 is 0 Å². The molecule has 0 saturated heterocycles. The lowest BCUT2D eigenvalue weighted by atomic mass is 10.0. The third-order valence-corrected chi connectivity index (χ3v) is 4.38. The van der Waals surface area contributed by atoms with Gasteiger partial charge in [0, 0.05) is 12.6 Å². The standard InChI is InChI=1S/C16H17NO3S/c1-10-4-6-12(7-5-10)13-8-9-21-14(13)15(18)17(3)11(2)16(19)20/h4-9,11H,1-3H3,(H,19,20). The van der Waals surface area contributed by atoms with E-state index in [-0.39, 0.29) is 5.91 Å². The van der Waals surface area contributed by atoms with E-state index in [1.165, 1.54) is 30.2 Å². The number of aliphatic carboxylic acids is 1. The Morgan fingerprint density at radius 3 is 2.38 bits per heavy atom. The third-order valence-electron chi connectivity index (χ3n) is 3.48. The smallest absolute Gasteiger partial charge is 0.326 e. The van der Waals surface area contributed by atoms with E-state index in [4.69, 9.17) is 5.11 Å². The normalized spacial score (nSPS) is 12.0. The fourth-order valence-corrected chi connectivity index (χ4v) is 2.83. The molecule has 4 nitrogen and oxygen atoms in total. The summed E-state index contributed by atoms with van der Waals surface area (Å²) in [6.07, 6.45) is 0. The maximum Gasteiger partial charge on any atom is 0.326 e. The molecule has 0 fully saturated rings. The number of nitrogens with zero attached hydrogens (tertiary/aromatic N) is 1. The summed E-state index contributed by atoms with van der Waals surface area (Å²) in [5, 5.41) is 10.9. The van der Waals surface area contributed by atoms with Crippen molar-refractivity contribution in [1.29, 1.82) is 0 Å². The number of aryl methyl sites for hydroxylation is 1. The Bertz CT molecular complexity index is 660. The second-order valence-electron chi connectivity index (χ2n) is 4.96. The van der Waals surface area contributed by atoms with Gasteiger partial charge < -0.3 is 10.0 Å². The first kappa shape index (κ1) is 15.3. The Morgan fingerprint density at radius 2 is 1.81 bits per heavy atom. The van der Waals surface area contributed by atoms with Gasteiger partial charge in [0.05, 0.1) is 4.88 Å². The van der Waals surface area contributed by atoms with Crippen LogP contribution in [0.2, 0.25) is 0 Å². The van der Waals surface area contributed by atoms with Gasteiger partial charge in [-0.2, -0.15) is 0 Å². The quantitative estimate of drug-likeness (QED) is 0.943. The van der Waals surface area contributed by atoms with Crippen LogP contribution in [0.1, 0.15) is 22.2 Å². The van der Waals surface area contributed by atoms with Gasteiger partial charge in [-0.1, -0.05) is 29.8 Å². The average molecular weight is 303 g/mol. The van der Waals surface area contributed by atoms with Crippen LogP contribution in [0.3, 0.4) is 0 Å². The Morgan fingerprint density at radius 1 is 1.19 bits per heavy atom. The van der Waals surface area contributed by atoms with Crippen molar-refractivity contribution < 1.29 is 14.7 Å². The van der Waals surface area contributed by atoms with Gasteiger partial charge in [-0.25, -0.2) is 4.79 Å². The van der Waals surface area contributed by atoms with Crippen molar-refractivity contribution >= 4 is 23.2 Å². The number of carboxylic acids is 1. The minimum absolute atomic E-state index is 0.268. The molecule has 2 rings (SSSR count). The molecular weight excluding hydrogens is 286 g/mol. The van der Waals surface area contributed by atoms with Gasteiger partial charge in [-0.05, 0) is 30.9 Å². The molecule has 21 heavy (non-hydrogen) atoms. The molecule has 1 aromatic carbocycles. The summed E-state index contributed by atoms with van der Waals surface area (Å²) in [4.78, 5) is 25.3. The number of rotatable bonds is 4. The van der Waals surface area contributed by atoms with Crippen molar-refractivity contribution in [3.8, 4) is 11.1 Å². The van der Waals surface area contributed by atoms with Gasteiger partial charge in [-0.15, -0.1) is 11.3 Å². The zero-order valence-corrected chi connectivity index (χ0v) is 13.0. The van der Waals surface area contributed by atoms with Gasteiger partial charge in [0.2, 0.25) is 0 Å². The molecule has 5 heteroatoms. The van der Waals surface area contributed by atoms with E-state index in [0.29, 0.717) is 4.88 Å². The molecule has 0 saturated carbocycles. The molecule has 1 N–H and O–H groups in total. The molecule has 1 unspecified atom stereocenters. The molecule has 0 spiro atoms. The lowest BCUT2D eigenvalue weighted by molar-refractivity contribution is -0.141. The maximum absolute atomic E-state index is 12.5. The summed E-state index contributed by atoms with van der Waals surface area (Å²) in [5.74, 6) is -1.28. The summed E-state index contributed by atoms with van der Waals surface area (Å²) >= 11 is 1.33. The molecule has 0 aliphatic rings. The van der Waals surface area contributed by atoms with Crippen molar-refractivity contribution in [2.75, 3.05) is 7.05 Å². The van der Waals surface area contributed by atoms with Gasteiger partial charge in [0.1, 0.15) is 6.04 Å². The van der Waals surface area contributed by atoms with Gasteiger partial charge >= 0.3 is 5.97 Å². The summed E-state index contributed by atoms with van der Waals surface area (Å²) < 4.78 is 0. The van der Waals surface area contributed by atoms with E-state index < -0.39 is 12.0 Å². The first-order valence-corrected chi connectivity index (χ1v) is 7.44. The van der Waals surface area contributed by atoms with Crippen LogP contribution in [0, 0.1) is 6.92 Å². The number of benzene rings is 1. The monoisotopic (exact) mass is 303 g/mol. The number of likely N-dealkylation sites (N-methyl/N-ethyl adjacent to an activating group) is 1. The minimum atomic E-state index is -1.01. The lowest BCUT2D eigenvalue weighted by Crippen LogP contribution is -2.40. The second-order valence-corrected chi connectivity index (χ2v) is 5.88. The van der Waals surface area contributed by atoms with Crippen LogP contribution >= 0.6 is 11.3 Å². The van der Waals surface area contributed by atoms with Gasteiger partial charge in [0.25, 0.3) is 5.91 Å². The average Bonchev–Trinajstić information content (AvgIpc) is 2.95. The van der Waals surface area contributed by atoms with Crippen LogP contribution in [0.15, 0.2) is 35.7 Å². The number of carbonyl (C=O) groups excluding carboxylic acids is 1. The highest BCUT2D eigenvalue weighted by molar-refractivity contribution is 7.12. The van der Waals surface area contributed by atoms with Crippen molar-refractivity contribution in [2.24, 2.45) is 0 Å². The van der Waals surface area contributed by atoms with E-state index in [9.17, 15) is 9.59 Å². The Labute approximate surface area is 127 Å². The third kappa shape index (κ3) is 3.13. The largest absolute Gasteiger partial charge is 0.480 e. The molecule has 0 aliphatic heterocycles. The van der Waals surface area contributed by atoms with Crippen LogP contribution in [0.25, 0.3) is 11.1 Å². The highest BCUT2D eigenvalue weighted by atomic mass is 32.1. The number of carboxylic acid groups (broad SMARTS) is 1. The number of amides is 1. The Hall–Kier alpha value is -2.14. The highest BCUT2D eigenvalue weighted by Crippen LogP contribution is 2.29. The Kier molecular flexibility index (Phi) is 4.43. The van der Waals surface area contributed by atoms with E-state index in [0.717, 1.165) is 16.7 Å². The maximum atomic E-state index is 12.5. The van der Waals surface area contributed by atoms with Crippen LogP contribution in [-0.2, 0) is 4.79 Å². The lowest BCUT2D eigenvalue weighted by Gasteiger charge is -2.21. The molecule has 1 atom stereocenters. The predicted octanol–water partition coefficient (Wildman–Crippen LogP) is 3.27. The number of hydrogen-bond donors (Lipinski definition) is 1. The fraction of sp³-hybridized carbons (Fsp3) is 0.250. The molecule has 1 heterocycles. The topological polar surface area (TPSA) is 57.6 Å². The van der Waals surface area contributed by atoms with Crippen molar-refractivity contribution in [1.82, 2.24) is 4.90 Å². The molecule has 1 amide bonds. The van der Waals surface area contributed by atoms with Gasteiger partial charge in [0.15, 0.2) is 0 Å². The summed E-state index contributed by atoms with van der Waals surface area (Å²) in [7, 11) is 1.51. The molecular formula is C16H17NO3S. The molecule has 0 radical (unpaired) electrons. The van der Waals surface area contributed by atoms with E-state index in [1.54, 1.807) is 0 Å². The SMILES string of the molecule is Cc1ccc(-c2ccsc2C(=O)N(C)C(C)C(=O)O)cc1. The minimum Gasteiger partial charge on any atom is -0.480 e. The molecule has 0 aliphatic carbocycles. The summed E-state index contributed by atoms with van der Waals surface area (Å²) in [6.45, 7) is 3.51. The zero-order chi connectivity index (χ0) is 15.6. The van der Waals surface area contributed by atoms with Crippen molar-refractivity contribution in [2.45, 2.75) is 19.9 Å². The van der Waals surface area contributed by atoms with Crippen LogP contribution in [0.4, 0.5) is 0 Å². The number of thiophene rings is 1. The van der Waals surface area contributed by atoms with E-state index in [2.05, 4.69) is 0 Å². The van der Waals surface area contributed by atoms with Gasteiger partial charge in [-0.3, -0.25) is 4.79 Å². The predicted molar refractivity (Wildman–Crippen MR) is 83.7 cm³/mol. The second kappa shape index (κ2) is 6.10. The Balaban J connectivity index is 2.34. The van der Waals surface area contributed by atoms with E-state index >= 15 is 0 Å². The first-order chi connectivity index (χ1) is 9.91. The molecule has 2 aromatic rings. The number of carbonyl (C=O) groups is 2. The molecule has 1 aromatic heterocycles. The highest BCUT2D eigenvalue weighted by Gasteiger charge is 2.25. The van der Waals surface area contributed by atoms with Crippen molar-refractivity contribution in [3.63, 3.8) is 0 Å². The fourth-order valence-electron chi connectivity index (χ4n) is 1.94. The van der Waals surface area contributed by atoms with E-state index in [1.807, 2.05) is 42.6 Å². The molecule has 0 bridgehead atoms. The van der Waals surface area contributed by atoms with Crippen LogP contribution in [0.5, 0.6) is 0 Å².